The second kappa shape index (κ2) is 6.74. The molecule has 102 valence electrons. The van der Waals surface area contributed by atoms with Gasteiger partial charge in [-0.1, -0.05) is 20.8 Å². The molecule has 0 aliphatic heterocycles. The molecule has 0 spiro atoms. The fraction of sp³-hybridized carbons (Fsp3) is 0.667. The molecular weight excluding hydrogens is 222 g/mol. The summed E-state index contributed by atoms with van der Waals surface area (Å²) in [6.45, 7) is 11.7. The molecule has 1 unspecified atom stereocenters. The monoisotopic (exact) mass is 249 g/mol. The summed E-state index contributed by atoms with van der Waals surface area (Å²) >= 11 is 0. The zero-order valence-electron chi connectivity index (χ0n) is 12.6. The van der Waals surface area contributed by atoms with E-state index in [0.717, 1.165) is 24.5 Å². The van der Waals surface area contributed by atoms with E-state index in [2.05, 4.69) is 69.0 Å². The third-order valence-corrected chi connectivity index (χ3v) is 3.33. The average Bonchev–Trinajstić information content (AvgIpc) is 2.33. The lowest BCUT2D eigenvalue weighted by atomic mass is 10.2. The number of aryl methyl sites for hydroxylation is 1. The summed E-state index contributed by atoms with van der Waals surface area (Å²) in [7, 11) is 2.12. The van der Waals surface area contributed by atoms with Gasteiger partial charge >= 0.3 is 0 Å². The number of rotatable bonds is 6. The molecule has 1 heterocycles. The van der Waals surface area contributed by atoms with Gasteiger partial charge in [0.1, 0.15) is 5.82 Å². The summed E-state index contributed by atoms with van der Waals surface area (Å²) in [4.78, 5) is 6.88. The van der Waals surface area contributed by atoms with Gasteiger partial charge in [-0.3, -0.25) is 0 Å². The topological polar surface area (TPSA) is 28.2 Å². The summed E-state index contributed by atoms with van der Waals surface area (Å²) < 4.78 is 0. The minimum Gasteiger partial charge on any atom is -0.357 e. The highest BCUT2D eigenvalue weighted by Crippen LogP contribution is 2.17. The third-order valence-electron chi connectivity index (χ3n) is 3.33. The van der Waals surface area contributed by atoms with E-state index in [1.54, 1.807) is 0 Å². The van der Waals surface area contributed by atoms with Crippen molar-refractivity contribution in [2.75, 3.05) is 11.9 Å². The van der Waals surface area contributed by atoms with Crippen molar-refractivity contribution in [2.45, 2.75) is 59.7 Å². The molecule has 0 saturated heterocycles. The Morgan fingerprint density at radius 1 is 1.28 bits per heavy atom. The van der Waals surface area contributed by atoms with Crippen LogP contribution in [0, 0.1) is 6.92 Å². The maximum Gasteiger partial charge on any atom is 0.129 e. The predicted molar refractivity (Wildman–Crippen MR) is 79.1 cm³/mol. The number of aromatic nitrogens is 1. The van der Waals surface area contributed by atoms with Gasteiger partial charge in [0.2, 0.25) is 0 Å². The quantitative estimate of drug-likeness (QED) is 0.839. The molecule has 0 aliphatic carbocycles. The van der Waals surface area contributed by atoms with Crippen LogP contribution >= 0.6 is 0 Å². The van der Waals surface area contributed by atoms with Crippen LogP contribution < -0.4 is 10.2 Å². The molecule has 0 amide bonds. The highest BCUT2D eigenvalue weighted by atomic mass is 15.2. The highest BCUT2D eigenvalue weighted by molar-refractivity contribution is 5.42. The van der Waals surface area contributed by atoms with Crippen LogP contribution in [0.3, 0.4) is 0 Å². The van der Waals surface area contributed by atoms with Gasteiger partial charge in [0.05, 0.1) is 0 Å². The smallest absolute Gasteiger partial charge is 0.129 e. The van der Waals surface area contributed by atoms with Crippen molar-refractivity contribution in [3.8, 4) is 0 Å². The molecule has 1 aromatic heterocycles. The molecule has 1 aromatic rings. The van der Waals surface area contributed by atoms with E-state index < -0.39 is 0 Å². The van der Waals surface area contributed by atoms with Crippen molar-refractivity contribution < 1.29 is 0 Å². The van der Waals surface area contributed by atoms with E-state index in [4.69, 9.17) is 0 Å². The fourth-order valence-electron chi connectivity index (χ4n) is 1.83. The summed E-state index contributed by atoms with van der Waals surface area (Å²) in [5.74, 6) is 1.07. The lowest BCUT2D eigenvalue weighted by Gasteiger charge is -2.25. The molecule has 0 aliphatic rings. The summed E-state index contributed by atoms with van der Waals surface area (Å²) in [6, 6.07) is 5.37. The fourth-order valence-corrected chi connectivity index (χ4v) is 1.83. The summed E-state index contributed by atoms with van der Waals surface area (Å²) in [5.41, 5.74) is 2.39. The average molecular weight is 249 g/mol. The Balaban J connectivity index is 2.86. The molecule has 0 saturated carbocycles. The first-order valence-corrected chi connectivity index (χ1v) is 6.87. The van der Waals surface area contributed by atoms with E-state index in [1.165, 1.54) is 5.56 Å². The van der Waals surface area contributed by atoms with Crippen LogP contribution in [0.1, 0.15) is 45.4 Å². The van der Waals surface area contributed by atoms with Crippen molar-refractivity contribution in [3.63, 3.8) is 0 Å². The van der Waals surface area contributed by atoms with Gasteiger partial charge in [-0.05, 0) is 38.0 Å². The highest BCUT2D eigenvalue weighted by Gasteiger charge is 2.10. The number of hydrogen-bond donors (Lipinski definition) is 1. The Morgan fingerprint density at radius 3 is 2.50 bits per heavy atom. The first-order chi connectivity index (χ1) is 8.43. The van der Waals surface area contributed by atoms with Gasteiger partial charge in [0.15, 0.2) is 0 Å². The van der Waals surface area contributed by atoms with Crippen LogP contribution in [0.2, 0.25) is 0 Å². The van der Waals surface area contributed by atoms with Gasteiger partial charge in [0, 0.05) is 31.4 Å². The van der Waals surface area contributed by atoms with Crippen LogP contribution in [0.5, 0.6) is 0 Å². The number of pyridine rings is 1. The van der Waals surface area contributed by atoms with Crippen molar-refractivity contribution in [1.82, 2.24) is 10.3 Å². The zero-order chi connectivity index (χ0) is 13.7. The van der Waals surface area contributed by atoms with Crippen molar-refractivity contribution in [3.05, 3.63) is 23.4 Å². The maximum atomic E-state index is 4.63. The predicted octanol–water partition coefficient (Wildman–Crippen LogP) is 3.12. The molecule has 3 nitrogen and oxygen atoms in total. The lowest BCUT2D eigenvalue weighted by molar-refractivity contribution is 0.587. The van der Waals surface area contributed by atoms with Gasteiger partial charge in [-0.25, -0.2) is 4.98 Å². The first-order valence-electron chi connectivity index (χ1n) is 6.87. The zero-order valence-corrected chi connectivity index (χ0v) is 12.6. The van der Waals surface area contributed by atoms with Crippen LogP contribution in [-0.2, 0) is 6.54 Å². The van der Waals surface area contributed by atoms with Crippen molar-refractivity contribution in [2.24, 2.45) is 0 Å². The molecule has 0 radical (unpaired) electrons. The maximum absolute atomic E-state index is 4.63. The van der Waals surface area contributed by atoms with Gasteiger partial charge in [0.25, 0.3) is 0 Å². The molecule has 1 N–H and O–H groups in total. The molecule has 0 aromatic carbocycles. The second-order valence-electron chi connectivity index (χ2n) is 5.38. The van der Waals surface area contributed by atoms with Gasteiger partial charge in [-0.15, -0.1) is 0 Å². The standard InChI is InChI=1S/C15H27N3/c1-7-13(5)18(6)15-9-14(8-12(4)17-15)10-16-11(2)3/h8-9,11,13,16H,7,10H2,1-6H3. The van der Waals surface area contributed by atoms with Crippen LogP contribution in [0.15, 0.2) is 12.1 Å². The number of nitrogens with one attached hydrogen (secondary N) is 1. The van der Waals surface area contributed by atoms with Gasteiger partial charge < -0.3 is 10.2 Å². The van der Waals surface area contributed by atoms with Crippen LogP contribution in [0.4, 0.5) is 5.82 Å². The summed E-state index contributed by atoms with van der Waals surface area (Å²) in [5, 5.41) is 3.45. The van der Waals surface area contributed by atoms with E-state index in [0.29, 0.717) is 12.1 Å². The Labute approximate surface area is 112 Å². The Kier molecular flexibility index (Phi) is 5.60. The molecule has 0 bridgehead atoms. The number of anilines is 1. The molecule has 18 heavy (non-hydrogen) atoms. The molecule has 1 rings (SSSR count). The number of hydrogen-bond acceptors (Lipinski definition) is 3. The van der Waals surface area contributed by atoms with Crippen LogP contribution in [-0.4, -0.2) is 24.1 Å². The Bertz CT molecular complexity index is 374. The second-order valence-corrected chi connectivity index (χ2v) is 5.38. The largest absolute Gasteiger partial charge is 0.357 e. The third kappa shape index (κ3) is 4.30. The number of nitrogens with zero attached hydrogens (tertiary/aromatic N) is 2. The summed E-state index contributed by atoms with van der Waals surface area (Å²) in [6.07, 6.45) is 1.13. The van der Waals surface area contributed by atoms with Crippen LogP contribution in [0.25, 0.3) is 0 Å². The van der Waals surface area contributed by atoms with Crippen molar-refractivity contribution >= 4 is 5.82 Å². The molecule has 0 fully saturated rings. The van der Waals surface area contributed by atoms with Gasteiger partial charge in [-0.2, -0.15) is 0 Å². The lowest BCUT2D eigenvalue weighted by Crippen LogP contribution is -2.29. The van der Waals surface area contributed by atoms with E-state index in [-0.39, 0.29) is 0 Å². The Morgan fingerprint density at radius 2 is 1.94 bits per heavy atom. The minimum atomic E-state index is 0.509. The normalized spacial score (nSPS) is 12.8. The molecular formula is C15H27N3. The minimum absolute atomic E-state index is 0.509. The van der Waals surface area contributed by atoms with E-state index >= 15 is 0 Å². The van der Waals surface area contributed by atoms with E-state index in [1.807, 2.05) is 0 Å². The molecule has 3 heteroatoms. The SMILES string of the molecule is CCC(C)N(C)c1cc(CNC(C)C)cc(C)n1. The van der Waals surface area contributed by atoms with Crippen molar-refractivity contribution in [1.29, 1.82) is 0 Å². The van der Waals surface area contributed by atoms with E-state index in [9.17, 15) is 0 Å². The Hall–Kier alpha value is -1.09. The first kappa shape index (κ1) is 15.0. The molecule has 1 atom stereocenters.